The van der Waals surface area contributed by atoms with Crippen LogP contribution in [0.2, 0.25) is 0 Å². The number of carbonyl (C=O) groups is 1. The Kier molecular flexibility index (Phi) is 6.33. The monoisotopic (exact) mass is 441 g/mol. The average molecular weight is 442 g/mol. The van der Waals surface area contributed by atoms with Crippen LogP contribution in [0, 0.1) is 5.92 Å². The summed E-state index contributed by atoms with van der Waals surface area (Å²) in [6.07, 6.45) is 9.46. The van der Waals surface area contributed by atoms with E-state index in [1.807, 2.05) is 24.4 Å². The number of sulfonamides is 1. The molecule has 1 saturated heterocycles. The molecule has 3 aromatic rings. The molecule has 1 aromatic carbocycles. The van der Waals surface area contributed by atoms with Gasteiger partial charge in [0.25, 0.3) is 0 Å². The van der Waals surface area contributed by atoms with Crippen molar-refractivity contribution in [2.45, 2.75) is 19.3 Å². The first-order valence-corrected chi connectivity index (χ1v) is 12.3. The molecule has 0 aliphatic carbocycles. The molecule has 0 spiro atoms. The Morgan fingerprint density at radius 2 is 1.90 bits per heavy atom. The number of aromatic nitrogens is 3. The number of benzene rings is 1. The van der Waals surface area contributed by atoms with Crippen molar-refractivity contribution in [2.24, 2.45) is 5.92 Å². The fourth-order valence-electron chi connectivity index (χ4n) is 4.13. The van der Waals surface area contributed by atoms with Crippen LogP contribution in [0.15, 0.2) is 42.9 Å². The van der Waals surface area contributed by atoms with Gasteiger partial charge in [-0.2, -0.15) is 0 Å². The number of fused-ring (bicyclic) bond motifs is 1. The van der Waals surface area contributed by atoms with Crippen LogP contribution in [0.1, 0.15) is 28.8 Å². The van der Waals surface area contributed by atoms with Crippen LogP contribution in [0.4, 0.5) is 5.95 Å². The number of hydrogen-bond donors (Lipinski definition) is 1. The van der Waals surface area contributed by atoms with Gasteiger partial charge in [0.2, 0.25) is 16.0 Å². The quantitative estimate of drug-likeness (QED) is 0.539. The van der Waals surface area contributed by atoms with Gasteiger partial charge in [-0.25, -0.2) is 22.7 Å². The van der Waals surface area contributed by atoms with E-state index in [2.05, 4.69) is 25.9 Å². The van der Waals surface area contributed by atoms with Gasteiger partial charge in [-0.1, -0.05) is 18.2 Å². The number of rotatable bonds is 8. The number of anilines is 1. The average Bonchev–Trinajstić information content (AvgIpc) is 3.19. The van der Waals surface area contributed by atoms with E-state index in [-0.39, 0.29) is 0 Å². The summed E-state index contributed by atoms with van der Waals surface area (Å²) in [5, 5.41) is 1.14. The zero-order valence-corrected chi connectivity index (χ0v) is 18.4. The number of hydrogen-bond acceptors (Lipinski definition) is 6. The Morgan fingerprint density at radius 1 is 1.19 bits per heavy atom. The molecule has 0 atom stereocenters. The minimum absolute atomic E-state index is 0.295. The number of aromatic amines is 1. The number of piperidine rings is 1. The molecule has 9 heteroatoms. The number of aldehydes is 1. The zero-order valence-electron chi connectivity index (χ0n) is 17.6. The van der Waals surface area contributed by atoms with Gasteiger partial charge in [0.1, 0.15) is 0 Å². The van der Waals surface area contributed by atoms with Gasteiger partial charge < -0.3 is 9.88 Å². The molecule has 0 radical (unpaired) electrons. The van der Waals surface area contributed by atoms with Crippen LogP contribution >= 0.6 is 0 Å². The van der Waals surface area contributed by atoms with Crippen molar-refractivity contribution in [3.8, 4) is 0 Å². The highest BCUT2D eigenvalue weighted by Gasteiger charge is 2.26. The van der Waals surface area contributed by atoms with Gasteiger partial charge in [0.05, 0.1) is 11.8 Å². The maximum atomic E-state index is 12.4. The molecule has 3 heterocycles. The Morgan fingerprint density at radius 3 is 2.58 bits per heavy atom. The zero-order chi connectivity index (χ0) is 21.8. The Bertz CT molecular complexity index is 1140. The summed E-state index contributed by atoms with van der Waals surface area (Å²) in [6.45, 7) is 2.54. The standard InChI is InChI=1S/C22H27N5O3S/c1-31(29,30)27(11-8-19-14-23-21-5-3-2-4-20(19)21)15-17-6-9-26(10-7-17)22-24-12-18(16-28)13-25-22/h2-5,12-14,16-17,23H,6-11,15H2,1H3. The summed E-state index contributed by atoms with van der Waals surface area (Å²) in [4.78, 5) is 24.6. The predicted molar refractivity (Wildman–Crippen MR) is 121 cm³/mol. The van der Waals surface area contributed by atoms with Crippen LogP contribution in [0.5, 0.6) is 0 Å². The third-order valence-corrected chi connectivity index (χ3v) is 7.20. The number of nitrogens with zero attached hydrogens (tertiary/aromatic N) is 4. The summed E-state index contributed by atoms with van der Waals surface area (Å²) in [6, 6.07) is 8.07. The van der Waals surface area contributed by atoms with E-state index in [1.54, 1.807) is 4.31 Å². The van der Waals surface area contributed by atoms with E-state index < -0.39 is 10.0 Å². The van der Waals surface area contributed by atoms with Crippen LogP contribution in [-0.2, 0) is 16.4 Å². The molecule has 31 heavy (non-hydrogen) atoms. The molecule has 0 unspecified atom stereocenters. The topological polar surface area (TPSA) is 99.3 Å². The third kappa shape index (κ3) is 5.11. The van der Waals surface area contributed by atoms with Crippen LogP contribution in [-0.4, -0.2) is 66.4 Å². The lowest BCUT2D eigenvalue weighted by atomic mass is 9.97. The highest BCUT2D eigenvalue weighted by atomic mass is 32.2. The van der Waals surface area contributed by atoms with E-state index in [1.165, 1.54) is 18.6 Å². The summed E-state index contributed by atoms with van der Waals surface area (Å²) in [7, 11) is -3.29. The molecular weight excluding hydrogens is 414 g/mol. The normalized spacial score (nSPS) is 15.6. The lowest BCUT2D eigenvalue weighted by Crippen LogP contribution is -2.41. The van der Waals surface area contributed by atoms with Crippen molar-refractivity contribution in [3.63, 3.8) is 0 Å². The highest BCUT2D eigenvalue weighted by molar-refractivity contribution is 7.88. The molecule has 164 valence electrons. The van der Waals surface area contributed by atoms with Crippen molar-refractivity contribution in [1.29, 1.82) is 0 Å². The smallest absolute Gasteiger partial charge is 0.225 e. The summed E-state index contributed by atoms with van der Waals surface area (Å²) >= 11 is 0. The SMILES string of the molecule is CS(=O)(=O)N(CCc1c[nH]c2ccccc12)CC1CCN(c2ncc(C=O)cn2)CC1. The molecule has 0 amide bonds. The first-order chi connectivity index (χ1) is 14.9. The fourth-order valence-corrected chi connectivity index (χ4v) is 5.04. The van der Waals surface area contributed by atoms with E-state index in [4.69, 9.17) is 0 Å². The molecule has 1 N–H and O–H groups in total. The third-order valence-electron chi connectivity index (χ3n) is 5.93. The molecule has 1 aliphatic rings. The first kappa shape index (κ1) is 21.5. The van der Waals surface area contributed by atoms with Crippen LogP contribution in [0.25, 0.3) is 10.9 Å². The Balaban J connectivity index is 1.36. The number of para-hydroxylation sites is 1. The second-order valence-corrected chi connectivity index (χ2v) is 10.1. The molecule has 4 rings (SSSR count). The van der Waals surface area contributed by atoms with E-state index in [9.17, 15) is 13.2 Å². The fraction of sp³-hybridized carbons (Fsp3) is 0.409. The van der Waals surface area contributed by atoms with E-state index in [0.29, 0.717) is 36.9 Å². The first-order valence-electron chi connectivity index (χ1n) is 10.5. The number of nitrogens with one attached hydrogen (secondary N) is 1. The molecule has 8 nitrogen and oxygen atoms in total. The molecule has 1 aliphatic heterocycles. The van der Waals surface area contributed by atoms with Gasteiger partial charge in [-0.15, -0.1) is 0 Å². The number of H-pyrrole nitrogens is 1. The molecule has 0 saturated carbocycles. The van der Waals surface area contributed by atoms with Crippen LogP contribution in [0.3, 0.4) is 0 Å². The van der Waals surface area contributed by atoms with Crippen molar-refractivity contribution in [3.05, 3.63) is 54.0 Å². The minimum Gasteiger partial charge on any atom is -0.361 e. The molecular formula is C22H27N5O3S. The predicted octanol–water partition coefficient (Wildman–Crippen LogP) is 2.49. The lowest BCUT2D eigenvalue weighted by molar-refractivity contribution is 0.112. The minimum atomic E-state index is -3.29. The van der Waals surface area contributed by atoms with Gasteiger partial charge in [-0.3, -0.25) is 4.79 Å². The highest BCUT2D eigenvalue weighted by Crippen LogP contribution is 2.23. The van der Waals surface area contributed by atoms with E-state index >= 15 is 0 Å². The largest absolute Gasteiger partial charge is 0.361 e. The van der Waals surface area contributed by atoms with Crippen LogP contribution < -0.4 is 4.90 Å². The Hall–Kier alpha value is -2.78. The Labute approximate surface area is 182 Å². The van der Waals surface area contributed by atoms with Gasteiger partial charge in [0, 0.05) is 55.7 Å². The maximum Gasteiger partial charge on any atom is 0.225 e. The molecule has 0 bridgehead atoms. The van der Waals surface area contributed by atoms with Crippen molar-refractivity contribution in [1.82, 2.24) is 19.3 Å². The summed E-state index contributed by atoms with van der Waals surface area (Å²) < 4.78 is 26.5. The van der Waals surface area contributed by atoms with Crippen molar-refractivity contribution in [2.75, 3.05) is 37.3 Å². The summed E-state index contributed by atoms with van der Waals surface area (Å²) in [5.41, 5.74) is 2.66. The maximum absolute atomic E-state index is 12.4. The van der Waals surface area contributed by atoms with E-state index in [0.717, 1.165) is 48.7 Å². The lowest BCUT2D eigenvalue weighted by Gasteiger charge is -2.34. The van der Waals surface area contributed by atoms with Gasteiger partial charge in [0.15, 0.2) is 6.29 Å². The second-order valence-electron chi connectivity index (χ2n) is 8.10. The second kappa shape index (κ2) is 9.15. The van der Waals surface area contributed by atoms with Gasteiger partial charge >= 0.3 is 0 Å². The summed E-state index contributed by atoms with van der Waals surface area (Å²) in [5.74, 6) is 0.909. The molecule has 1 fully saturated rings. The van der Waals surface area contributed by atoms with Crippen molar-refractivity contribution >= 4 is 33.2 Å². The van der Waals surface area contributed by atoms with Gasteiger partial charge in [-0.05, 0) is 36.8 Å². The molecule has 2 aromatic heterocycles. The van der Waals surface area contributed by atoms with Crippen molar-refractivity contribution < 1.29 is 13.2 Å². The number of carbonyl (C=O) groups excluding carboxylic acids is 1.